The van der Waals surface area contributed by atoms with Gasteiger partial charge in [0.1, 0.15) is 34.6 Å². The molecule has 0 radical (unpaired) electrons. The molecule has 0 saturated carbocycles. The second-order valence-electron chi connectivity index (χ2n) is 9.35. The number of piperidine rings is 1. The van der Waals surface area contributed by atoms with E-state index >= 15 is 0 Å². The fourth-order valence-electron chi connectivity index (χ4n) is 4.67. The van der Waals surface area contributed by atoms with E-state index in [1.165, 1.54) is 29.8 Å². The third-order valence-electron chi connectivity index (χ3n) is 6.69. The van der Waals surface area contributed by atoms with E-state index in [9.17, 15) is 14.3 Å². The number of aryl methyl sites for hydroxylation is 1. The van der Waals surface area contributed by atoms with Gasteiger partial charge in [0, 0.05) is 25.5 Å². The Kier molecular flexibility index (Phi) is 8.81. The molecule has 2 fully saturated rings. The Morgan fingerprint density at radius 3 is 2.81 bits per heavy atom. The first kappa shape index (κ1) is 27.5. The summed E-state index contributed by atoms with van der Waals surface area (Å²) in [4.78, 5) is 25.2. The summed E-state index contributed by atoms with van der Waals surface area (Å²) >= 11 is 1.28. The summed E-state index contributed by atoms with van der Waals surface area (Å²) < 4.78 is 25.6. The zero-order valence-electron chi connectivity index (χ0n) is 20.7. The lowest BCUT2D eigenvalue weighted by molar-refractivity contribution is 0.0257. The molecule has 200 valence electrons. The molecule has 0 spiro atoms. The third kappa shape index (κ3) is 6.12. The molecule has 5 rings (SSSR count). The molecule has 3 N–H and O–H groups in total. The van der Waals surface area contributed by atoms with Gasteiger partial charge in [-0.25, -0.2) is 14.4 Å². The molecule has 1 amide bonds. The van der Waals surface area contributed by atoms with Crippen LogP contribution in [0.3, 0.4) is 0 Å². The molecule has 2 aliphatic heterocycles. The van der Waals surface area contributed by atoms with Crippen LogP contribution in [0.4, 0.5) is 15.9 Å². The molecule has 0 aliphatic carbocycles. The van der Waals surface area contributed by atoms with Crippen LogP contribution in [-0.4, -0.2) is 77.5 Å². The number of likely N-dealkylation sites (tertiary alicyclic amines) is 1. The Labute approximate surface area is 224 Å². The summed E-state index contributed by atoms with van der Waals surface area (Å²) in [5, 5.41) is 17.4. The number of carbonyl (C=O) groups excluding carboxylic acids is 1. The number of rotatable bonds is 6. The molecule has 2 saturated heterocycles. The molecule has 37 heavy (non-hydrogen) atoms. The van der Waals surface area contributed by atoms with Gasteiger partial charge in [-0.05, 0) is 44.6 Å². The number of aromatic nitrogens is 2. The number of hydrogen-bond donors (Lipinski definition) is 3. The van der Waals surface area contributed by atoms with Crippen molar-refractivity contribution in [3.05, 3.63) is 40.8 Å². The molecule has 0 bridgehead atoms. The number of fused-ring (bicyclic) bond motifs is 1. The van der Waals surface area contributed by atoms with Crippen molar-refractivity contribution < 1.29 is 23.8 Å². The summed E-state index contributed by atoms with van der Waals surface area (Å²) in [6, 6.07) is 4.05. The predicted molar refractivity (Wildman–Crippen MR) is 143 cm³/mol. The minimum Gasteiger partial charge on any atom is -0.488 e. The maximum atomic E-state index is 14.1. The largest absolute Gasteiger partial charge is 0.488 e. The number of aliphatic hydroxyl groups excluding tert-OH is 1. The quantitative estimate of drug-likeness (QED) is 0.426. The summed E-state index contributed by atoms with van der Waals surface area (Å²) in [6.45, 7) is 4.41. The molecule has 3 aromatic rings. The van der Waals surface area contributed by atoms with Gasteiger partial charge in [-0.3, -0.25) is 4.79 Å². The Morgan fingerprint density at radius 2 is 2.05 bits per heavy atom. The maximum absolute atomic E-state index is 14.1. The van der Waals surface area contributed by atoms with Crippen LogP contribution in [-0.2, 0) is 4.74 Å². The highest BCUT2D eigenvalue weighted by Crippen LogP contribution is 2.37. The van der Waals surface area contributed by atoms with Gasteiger partial charge in [0.05, 0.1) is 41.3 Å². The predicted octanol–water partition coefficient (Wildman–Crippen LogP) is 3.66. The molecule has 1 aromatic carbocycles. The Bertz CT molecular complexity index is 1260. The first-order valence-electron chi connectivity index (χ1n) is 12.1. The fourth-order valence-corrected chi connectivity index (χ4v) is 5.72. The number of nitrogens with zero attached hydrogens (tertiary/aromatic N) is 3. The van der Waals surface area contributed by atoms with E-state index < -0.39 is 11.9 Å². The maximum Gasteiger partial charge on any atom is 0.262 e. The van der Waals surface area contributed by atoms with E-state index in [-0.39, 0.29) is 30.5 Å². The normalized spacial score (nSPS) is 20.9. The van der Waals surface area contributed by atoms with Gasteiger partial charge in [0.15, 0.2) is 0 Å². The number of anilines is 2. The van der Waals surface area contributed by atoms with Gasteiger partial charge in [-0.2, -0.15) is 0 Å². The van der Waals surface area contributed by atoms with Gasteiger partial charge < -0.3 is 30.1 Å². The number of amides is 1. The van der Waals surface area contributed by atoms with Crippen LogP contribution in [0.25, 0.3) is 10.2 Å². The number of hydrogen-bond acceptors (Lipinski definition) is 9. The number of benzene rings is 1. The van der Waals surface area contributed by atoms with Crippen LogP contribution in [0.15, 0.2) is 24.5 Å². The first-order chi connectivity index (χ1) is 17.4. The van der Waals surface area contributed by atoms with E-state index in [2.05, 4.69) is 20.6 Å². The summed E-state index contributed by atoms with van der Waals surface area (Å²) in [5.41, 5.74) is 1.32. The second-order valence-corrected chi connectivity index (χ2v) is 10.4. The molecular formula is C25H31ClFN5O4S. The van der Waals surface area contributed by atoms with Gasteiger partial charge in [-0.1, -0.05) is 0 Å². The summed E-state index contributed by atoms with van der Waals surface area (Å²) in [7, 11) is 1.95. The number of likely N-dealkylation sites (N-methyl/N-ethyl adjacent to an activating group) is 1. The zero-order valence-corrected chi connectivity index (χ0v) is 22.3. The monoisotopic (exact) mass is 551 g/mol. The average molecular weight is 552 g/mol. The average Bonchev–Trinajstić information content (AvgIpc) is 3.20. The minimum atomic E-state index is -0.618. The van der Waals surface area contributed by atoms with Crippen molar-refractivity contribution in [3.63, 3.8) is 0 Å². The summed E-state index contributed by atoms with van der Waals surface area (Å²) in [5.74, 6) is 0.281. The number of nitrogens with one attached hydrogen (secondary N) is 2. The SMILES string of the molecule is Cc1c(C(=O)NC2CCN(C)C[C@@H]2O)sc2ncnc(Nc3ccc(F)cc3OC3CCOCC3)c12.Cl. The number of thiophene rings is 1. The van der Waals surface area contributed by atoms with Gasteiger partial charge in [-0.15, -0.1) is 23.7 Å². The number of halogens is 2. The Balaban J connectivity index is 0.00000320. The highest BCUT2D eigenvalue weighted by Gasteiger charge is 2.29. The lowest BCUT2D eigenvalue weighted by Gasteiger charge is -2.34. The van der Waals surface area contributed by atoms with Crippen LogP contribution in [0.5, 0.6) is 5.75 Å². The second kappa shape index (κ2) is 11.9. The van der Waals surface area contributed by atoms with Gasteiger partial charge in [0.2, 0.25) is 0 Å². The fraction of sp³-hybridized carbons (Fsp3) is 0.480. The van der Waals surface area contributed by atoms with Crippen molar-refractivity contribution in [2.24, 2.45) is 0 Å². The van der Waals surface area contributed by atoms with E-state index in [0.717, 1.165) is 30.3 Å². The van der Waals surface area contributed by atoms with Crippen molar-refractivity contribution in [1.29, 1.82) is 0 Å². The number of aliphatic hydroxyl groups is 1. The molecule has 1 unspecified atom stereocenters. The highest BCUT2D eigenvalue weighted by molar-refractivity contribution is 7.20. The lowest BCUT2D eigenvalue weighted by Crippen LogP contribution is -2.53. The van der Waals surface area contributed by atoms with Crippen molar-refractivity contribution in [2.45, 2.75) is 44.4 Å². The lowest BCUT2D eigenvalue weighted by atomic mass is 10.0. The van der Waals surface area contributed by atoms with Crippen LogP contribution < -0.4 is 15.4 Å². The number of β-amino-alcohol motifs (C(OH)–C–C–N with tert-alkyl or cyclic N) is 1. The van der Waals surface area contributed by atoms with E-state index in [1.807, 2.05) is 18.9 Å². The highest BCUT2D eigenvalue weighted by atomic mass is 35.5. The molecule has 9 nitrogen and oxygen atoms in total. The third-order valence-corrected chi connectivity index (χ3v) is 7.89. The van der Waals surface area contributed by atoms with Crippen LogP contribution in [0.2, 0.25) is 0 Å². The van der Waals surface area contributed by atoms with Gasteiger partial charge >= 0.3 is 0 Å². The standard InChI is InChI=1S/C25H30FN5O4S.ClH/c1-14-21-23(29-18-4-3-15(26)11-20(18)35-16-6-9-34-10-7-16)27-13-28-25(21)36-22(14)24(33)30-17-5-8-31(2)12-19(17)32;/h3-4,11,13,16-17,19,32H,5-10,12H2,1-2H3,(H,30,33)(H,27,28,29);1H/t17?,19-;/m0./s1. The zero-order chi connectivity index (χ0) is 25.2. The number of ether oxygens (including phenoxy) is 2. The Morgan fingerprint density at radius 1 is 1.27 bits per heavy atom. The number of carbonyl (C=O) groups is 1. The van der Waals surface area contributed by atoms with Gasteiger partial charge in [0.25, 0.3) is 5.91 Å². The first-order valence-corrected chi connectivity index (χ1v) is 12.9. The Hall–Kier alpha value is -2.57. The van der Waals surface area contributed by atoms with Crippen LogP contribution in [0.1, 0.15) is 34.5 Å². The molecule has 2 aromatic heterocycles. The van der Waals surface area contributed by atoms with E-state index in [0.29, 0.717) is 53.1 Å². The summed E-state index contributed by atoms with van der Waals surface area (Å²) in [6.07, 6.45) is 2.92. The van der Waals surface area contributed by atoms with Crippen LogP contribution in [0, 0.1) is 12.7 Å². The minimum absolute atomic E-state index is 0. The molecule has 2 atom stereocenters. The smallest absolute Gasteiger partial charge is 0.262 e. The molecule has 2 aliphatic rings. The van der Waals surface area contributed by atoms with Crippen LogP contribution >= 0.6 is 23.7 Å². The van der Waals surface area contributed by atoms with E-state index in [4.69, 9.17) is 9.47 Å². The topological polar surface area (TPSA) is 109 Å². The van der Waals surface area contributed by atoms with Crippen molar-refractivity contribution in [1.82, 2.24) is 20.2 Å². The van der Waals surface area contributed by atoms with Crippen molar-refractivity contribution in [3.8, 4) is 5.75 Å². The molecule has 12 heteroatoms. The van der Waals surface area contributed by atoms with Crippen molar-refractivity contribution >= 4 is 51.4 Å². The molecular weight excluding hydrogens is 521 g/mol. The van der Waals surface area contributed by atoms with E-state index in [1.54, 1.807) is 6.07 Å². The molecule has 4 heterocycles. The van der Waals surface area contributed by atoms with Crippen molar-refractivity contribution in [2.75, 3.05) is 38.7 Å².